The number of urea groups is 1. The van der Waals surface area contributed by atoms with Gasteiger partial charge in [0.05, 0.1) is 10.5 Å². The van der Waals surface area contributed by atoms with Crippen LogP contribution < -0.4 is 15.4 Å². The maximum absolute atomic E-state index is 12.6. The van der Waals surface area contributed by atoms with E-state index in [-0.39, 0.29) is 23.4 Å². The Morgan fingerprint density at radius 1 is 1.19 bits per heavy atom. The minimum atomic E-state index is -3.86. The van der Waals surface area contributed by atoms with Crippen LogP contribution in [0.5, 0.6) is 0 Å². The lowest BCUT2D eigenvalue weighted by Crippen LogP contribution is -2.51. The Morgan fingerprint density at radius 3 is 2.44 bits per heavy atom. The van der Waals surface area contributed by atoms with Crippen LogP contribution in [0.15, 0.2) is 47.4 Å². The third-order valence-corrected chi connectivity index (χ3v) is 5.99. The summed E-state index contributed by atoms with van der Waals surface area (Å²) >= 11 is 5.78. The van der Waals surface area contributed by atoms with Gasteiger partial charge >= 0.3 is 12.0 Å². The van der Waals surface area contributed by atoms with Crippen LogP contribution in [-0.2, 0) is 16.4 Å². The molecule has 2 amide bonds. The van der Waals surface area contributed by atoms with Crippen molar-refractivity contribution in [3.05, 3.63) is 58.6 Å². The van der Waals surface area contributed by atoms with Gasteiger partial charge in [0.15, 0.2) is 0 Å². The number of hydrogen-bond donors (Lipinski definition) is 3. The third-order valence-electron chi connectivity index (χ3n) is 4.20. The van der Waals surface area contributed by atoms with Crippen molar-refractivity contribution < 1.29 is 23.1 Å². The van der Waals surface area contributed by atoms with Gasteiger partial charge in [0.1, 0.15) is 0 Å². The highest BCUT2D eigenvalue weighted by Gasteiger charge is 2.31. The van der Waals surface area contributed by atoms with E-state index >= 15 is 0 Å². The van der Waals surface area contributed by atoms with Crippen molar-refractivity contribution in [3.8, 4) is 0 Å². The maximum Gasteiger partial charge on any atom is 0.335 e. The summed E-state index contributed by atoms with van der Waals surface area (Å²) in [6.07, 6.45) is 0.215. The molecule has 2 aromatic carbocycles. The van der Waals surface area contributed by atoms with E-state index in [9.17, 15) is 18.0 Å². The zero-order valence-electron chi connectivity index (χ0n) is 13.9. The van der Waals surface area contributed by atoms with Crippen molar-refractivity contribution in [2.45, 2.75) is 17.4 Å². The minimum Gasteiger partial charge on any atom is -0.478 e. The summed E-state index contributed by atoms with van der Waals surface area (Å²) in [4.78, 5) is 24.2. The first kappa shape index (κ1) is 19.2. The summed E-state index contributed by atoms with van der Waals surface area (Å²) in [5.41, 5.74) is 6.44. The van der Waals surface area contributed by atoms with Crippen LogP contribution in [0.25, 0.3) is 0 Å². The average Bonchev–Trinajstić information content (AvgIpc) is 2.60. The van der Waals surface area contributed by atoms with Gasteiger partial charge in [0.2, 0.25) is 10.0 Å². The fourth-order valence-corrected chi connectivity index (χ4v) is 4.34. The Labute approximate surface area is 160 Å². The van der Waals surface area contributed by atoms with Gasteiger partial charge in [0, 0.05) is 23.3 Å². The number of carbonyl (C=O) groups is 2. The first-order chi connectivity index (χ1) is 12.7. The lowest BCUT2D eigenvalue weighted by atomic mass is 9.96. The highest BCUT2D eigenvalue weighted by atomic mass is 35.5. The number of benzene rings is 2. The van der Waals surface area contributed by atoms with E-state index < -0.39 is 28.1 Å². The summed E-state index contributed by atoms with van der Waals surface area (Å²) in [5, 5.41) is 9.56. The van der Waals surface area contributed by atoms with Crippen LogP contribution in [0, 0.1) is 0 Å². The van der Waals surface area contributed by atoms with Gasteiger partial charge in [-0.25, -0.2) is 22.7 Å². The first-order valence-corrected chi connectivity index (χ1v) is 9.74. The number of primary amides is 1. The van der Waals surface area contributed by atoms with Crippen molar-refractivity contribution in [3.63, 3.8) is 0 Å². The number of fused-ring (bicyclic) bond motifs is 1. The highest BCUT2D eigenvalue weighted by molar-refractivity contribution is 7.89. The Hall–Kier alpha value is -2.62. The van der Waals surface area contributed by atoms with E-state index in [0.29, 0.717) is 16.3 Å². The molecule has 1 aliphatic heterocycles. The second-order valence-corrected chi connectivity index (χ2v) is 8.22. The number of nitrogens with zero attached hydrogens (tertiary/aromatic N) is 1. The van der Waals surface area contributed by atoms with Crippen molar-refractivity contribution in [1.29, 1.82) is 0 Å². The summed E-state index contributed by atoms with van der Waals surface area (Å²) < 4.78 is 27.7. The fraction of sp³-hybridized carbons (Fsp3) is 0.176. The second-order valence-electron chi connectivity index (χ2n) is 6.07. The molecule has 1 unspecified atom stereocenters. The van der Waals surface area contributed by atoms with Crippen LogP contribution >= 0.6 is 11.6 Å². The van der Waals surface area contributed by atoms with Gasteiger partial charge in [-0.1, -0.05) is 11.6 Å². The number of nitrogens with two attached hydrogens (primary N) is 1. The molecule has 27 heavy (non-hydrogen) atoms. The number of nitrogens with one attached hydrogen (secondary N) is 1. The summed E-state index contributed by atoms with van der Waals surface area (Å²) in [5.74, 6) is -1.12. The van der Waals surface area contributed by atoms with E-state index in [4.69, 9.17) is 22.4 Å². The Bertz CT molecular complexity index is 1010. The minimum absolute atomic E-state index is 0.0293. The zero-order chi connectivity index (χ0) is 19.8. The number of rotatable bonds is 4. The number of halogens is 1. The first-order valence-electron chi connectivity index (χ1n) is 7.88. The molecule has 4 N–H and O–H groups in total. The number of sulfonamides is 1. The number of aromatic carboxylic acids is 1. The predicted molar refractivity (Wildman–Crippen MR) is 99.6 cm³/mol. The van der Waals surface area contributed by atoms with E-state index in [1.807, 2.05) is 0 Å². The van der Waals surface area contributed by atoms with E-state index in [2.05, 4.69) is 4.72 Å². The van der Waals surface area contributed by atoms with Crippen LogP contribution in [0.3, 0.4) is 0 Å². The lowest BCUT2D eigenvalue weighted by Gasteiger charge is -2.34. The molecule has 0 aromatic heterocycles. The van der Waals surface area contributed by atoms with Crippen molar-refractivity contribution in [2.75, 3.05) is 11.4 Å². The van der Waals surface area contributed by atoms with Gasteiger partial charge in [-0.15, -0.1) is 0 Å². The Morgan fingerprint density at radius 2 is 1.85 bits per heavy atom. The van der Waals surface area contributed by atoms with Gasteiger partial charge < -0.3 is 10.8 Å². The second kappa shape index (κ2) is 7.18. The smallest absolute Gasteiger partial charge is 0.335 e. The molecule has 0 aliphatic carbocycles. The molecule has 8 nitrogen and oxygen atoms in total. The predicted octanol–water partition coefficient (Wildman–Crippen LogP) is 1.83. The molecule has 2 aromatic rings. The number of carboxylic acid groups (broad SMARTS) is 1. The molecular weight excluding hydrogens is 394 g/mol. The maximum atomic E-state index is 12.6. The number of anilines is 1. The molecule has 0 saturated heterocycles. The van der Waals surface area contributed by atoms with Gasteiger partial charge in [-0.3, -0.25) is 4.90 Å². The number of hydrogen-bond acceptors (Lipinski definition) is 4. The molecule has 1 atom stereocenters. The van der Waals surface area contributed by atoms with Crippen molar-refractivity contribution >= 4 is 39.3 Å². The topological polar surface area (TPSA) is 130 Å². The normalized spacial score (nSPS) is 16.6. The van der Waals surface area contributed by atoms with Crippen molar-refractivity contribution in [2.24, 2.45) is 5.73 Å². The Kier molecular flexibility index (Phi) is 5.09. The molecule has 1 heterocycles. The summed E-state index contributed by atoms with van der Waals surface area (Å²) in [7, 11) is -3.86. The summed E-state index contributed by atoms with van der Waals surface area (Å²) in [6, 6.07) is 8.51. The Balaban J connectivity index is 1.91. The molecule has 3 rings (SSSR count). The van der Waals surface area contributed by atoms with E-state index in [0.717, 1.165) is 0 Å². The van der Waals surface area contributed by atoms with Gasteiger partial charge in [0.25, 0.3) is 0 Å². The zero-order valence-corrected chi connectivity index (χ0v) is 15.5. The molecule has 0 radical (unpaired) electrons. The molecular formula is C17H16ClN3O5S. The SMILES string of the molecule is NC(=O)N1CC(NS(=O)(=O)c2ccc(Cl)cc2)Cc2cc(C(=O)O)ccc21. The molecule has 0 saturated carbocycles. The molecule has 0 fully saturated rings. The molecule has 1 aliphatic rings. The molecule has 142 valence electrons. The molecule has 0 bridgehead atoms. The lowest BCUT2D eigenvalue weighted by molar-refractivity contribution is 0.0696. The highest BCUT2D eigenvalue weighted by Crippen LogP contribution is 2.29. The van der Waals surface area contributed by atoms with E-state index in [1.165, 1.54) is 47.4 Å². The van der Waals surface area contributed by atoms with Crippen LogP contribution in [-0.4, -0.2) is 38.1 Å². The average molecular weight is 410 g/mol. The van der Waals surface area contributed by atoms with Crippen LogP contribution in [0.1, 0.15) is 15.9 Å². The largest absolute Gasteiger partial charge is 0.478 e. The standard InChI is InChI=1S/C17H16ClN3O5S/c18-12-2-4-14(5-3-12)27(25,26)20-13-8-11-7-10(16(22)23)1-6-15(11)21(9-13)17(19)24/h1-7,13,20H,8-9H2,(H2,19,24)(H,22,23). The number of carbonyl (C=O) groups excluding carboxylic acids is 1. The summed E-state index contributed by atoms with van der Waals surface area (Å²) in [6.45, 7) is 0.0293. The van der Waals surface area contributed by atoms with Crippen LogP contribution in [0.2, 0.25) is 5.02 Å². The van der Waals surface area contributed by atoms with Gasteiger partial charge in [-0.05, 0) is 54.4 Å². The third kappa shape index (κ3) is 4.05. The van der Waals surface area contributed by atoms with E-state index in [1.54, 1.807) is 0 Å². The van der Waals surface area contributed by atoms with Crippen molar-refractivity contribution in [1.82, 2.24) is 4.72 Å². The quantitative estimate of drug-likeness (QED) is 0.709. The fourth-order valence-electron chi connectivity index (χ4n) is 2.98. The van der Waals surface area contributed by atoms with Gasteiger partial charge in [-0.2, -0.15) is 0 Å². The van der Waals surface area contributed by atoms with Crippen LogP contribution in [0.4, 0.5) is 10.5 Å². The molecule has 0 spiro atoms. The number of carboxylic acids is 1. The monoisotopic (exact) mass is 409 g/mol. The number of amides is 2. The molecule has 10 heteroatoms.